The molecule has 27 heavy (non-hydrogen) atoms. The largest absolute Gasteiger partial charge is 0.247 e. The molecule has 1 aromatic carbocycles. The molecular formula is C25H47N2+. The maximum Gasteiger partial charge on any atom is 0.121 e. The van der Waals surface area contributed by atoms with Crippen LogP contribution in [0.15, 0.2) is 30.3 Å². The van der Waals surface area contributed by atoms with Crippen LogP contribution in [0, 0.1) is 0 Å². The van der Waals surface area contributed by atoms with Crippen molar-refractivity contribution in [1.29, 1.82) is 0 Å². The van der Waals surface area contributed by atoms with E-state index in [-0.39, 0.29) is 0 Å². The van der Waals surface area contributed by atoms with E-state index in [1.807, 2.05) is 0 Å². The second kappa shape index (κ2) is 16.1. The van der Waals surface area contributed by atoms with Gasteiger partial charge in [-0.05, 0) is 6.42 Å². The predicted octanol–water partition coefficient (Wildman–Crippen LogP) is 7.25. The van der Waals surface area contributed by atoms with Crippen LogP contribution in [0.3, 0.4) is 0 Å². The quantitative estimate of drug-likeness (QED) is 0.162. The van der Waals surface area contributed by atoms with Crippen LogP contribution in [0.4, 0.5) is 0 Å². The molecule has 0 aliphatic rings. The van der Waals surface area contributed by atoms with Gasteiger partial charge in [0.05, 0.1) is 14.1 Å². The molecule has 0 aliphatic carbocycles. The Kier molecular flexibility index (Phi) is 14.4. The van der Waals surface area contributed by atoms with Crippen LogP contribution >= 0.6 is 0 Å². The fourth-order valence-corrected chi connectivity index (χ4v) is 3.80. The SMILES string of the molecule is CCCCCCCCCCCCCCCCN[N+](C)(C)Cc1ccccc1. The molecule has 0 unspecified atom stereocenters. The summed E-state index contributed by atoms with van der Waals surface area (Å²) in [7, 11) is 4.52. The van der Waals surface area contributed by atoms with Crippen molar-refractivity contribution in [3.05, 3.63) is 35.9 Å². The van der Waals surface area contributed by atoms with Crippen LogP contribution in [0.1, 0.15) is 102 Å². The Morgan fingerprint density at radius 1 is 0.630 bits per heavy atom. The highest BCUT2D eigenvalue weighted by molar-refractivity contribution is 5.13. The molecule has 1 aromatic rings. The average molecular weight is 376 g/mol. The van der Waals surface area contributed by atoms with Gasteiger partial charge in [-0.2, -0.15) is 5.43 Å². The van der Waals surface area contributed by atoms with Crippen molar-refractivity contribution in [3.63, 3.8) is 0 Å². The zero-order chi connectivity index (χ0) is 19.6. The van der Waals surface area contributed by atoms with Crippen molar-refractivity contribution in [2.75, 3.05) is 20.6 Å². The fourth-order valence-electron chi connectivity index (χ4n) is 3.80. The molecule has 0 amide bonds. The van der Waals surface area contributed by atoms with Crippen LogP contribution in [0.25, 0.3) is 0 Å². The summed E-state index contributed by atoms with van der Waals surface area (Å²) in [5.41, 5.74) is 5.09. The van der Waals surface area contributed by atoms with Crippen molar-refractivity contribution in [2.45, 2.75) is 103 Å². The smallest absolute Gasteiger partial charge is 0.121 e. The van der Waals surface area contributed by atoms with Gasteiger partial charge in [0.1, 0.15) is 6.54 Å². The molecule has 0 aliphatic heterocycles. The van der Waals surface area contributed by atoms with Crippen molar-refractivity contribution < 1.29 is 4.59 Å². The zero-order valence-corrected chi connectivity index (χ0v) is 18.6. The molecule has 156 valence electrons. The number of rotatable bonds is 18. The normalized spacial score (nSPS) is 11.8. The lowest BCUT2D eigenvalue weighted by Crippen LogP contribution is -2.51. The Morgan fingerprint density at radius 3 is 1.56 bits per heavy atom. The van der Waals surface area contributed by atoms with E-state index in [4.69, 9.17) is 0 Å². The van der Waals surface area contributed by atoms with Gasteiger partial charge in [-0.3, -0.25) is 0 Å². The Hall–Kier alpha value is -0.860. The second-order valence-corrected chi connectivity index (χ2v) is 8.83. The molecular weight excluding hydrogens is 328 g/mol. The lowest BCUT2D eigenvalue weighted by Gasteiger charge is -2.29. The summed E-state index contributed by atoms with van der Waals surface area (Å²) in [5, 5.41) is 0. The first kappa shape index (κ1) is 24.2. The summed E-state index contributed by atoms with van der Waals surface area (Å²) in [4.78, 5) is 0. The zero-order valence-electron chi connectivity index (χ0n) is 18.6. The summed E-state index contributed by atoms with van der Waals surface area (Å²) in [6.07, 6.45) is 20.0. The number of quaternary nitrogens is 1. The summed E-state index contributed by atoms with van der Waals surface area (Å²) in [6.45, 7) is 4.46. The molecule has 1 rings (SSSR count). The summed E-state index contributed by atoms with van der Waals surface area (Å²) >= 11 is 0. The minimum absolute atomic E-state index is 0.864. The van der Waals surface area contributed by atoms with E-state index in [0.29, 0.717) is 0 Å². The Labute approximate surface area is 170 Å². The van der Waals surface area contributed by atoms with Crippen LogP contribution in [-0.2, 0) is 6.54 Å². The van der Waals surface area contributed by atoms with Gasteiger partial charge in [0, 0.05) is 12.1 Å². The Bertz CT molecular complexity index is 427. The van der Waals surface area contributed by atoms with Crippen LogP contribution in [-0.4, -0.2) is 25.2 Å². The highest BCUT2D eigenvalue weighted by Gasteiger charge is 2.14. The van der Waals surface area contributed by atoms with Gasteiger partial charge in [0.25, 0.3) is 0 Å². The minimum Gasteiger partial charge on any atom is -0.247 e. The monoisotopic (exact) mass is 375 g/mol. The molecule has 2 heteroatoms. The number of hydrogen-bond donors (Lipinski definition) is 1. The third-order valence-electron chi connectivity index (χ3n) is 5.49. The number of nitrogens with one attached hydrogen (secondary N) is 1. The highest BCUT2D eigenvalue weighted by atomic mass is 15.6. The van der Waals surface area contributed by atoms with Gasteiger partial charge in [-0.25, -0.2) is 4.59 Å². The molecule has 0 aromatic heterocycles. The van der Waals surface area contributed by atoms with Gasteiger partial charge in [0.2, 0.25) is 0 Å². The van der Waals surface area contributed by atoms with E-state index in [0.717, 1.165) is 17.7 Å². The van der Waals surface area contributed by atoms with E-state index in [1.54, 1.807) is 0 Å². The third kappa shape index (κ3) is 14.8. The van der Waals surface area contributed by atoms with Crippen LogP contribution in [0.2, 0.25) is 0 Å². The van der Waals surface area contributed by atoms with Crippen LogP contribution in [0.5, 0.6) is 0 Å². The number of benzene rings is 1. The second-order valence-electron chi connectivity index (χ2n) is 8.83. The van der Waals surface area contributed by atoms with E-state index in [1.165, 1.54) is 95.5 Å². The fraction of sp³-hybridized carbons (Fsp3) is 0.760. The molecule has 0 spiro atoms. The van der Waals surface area contributed by atoms with E-state index in [9.17, 15) is 0 Å². The van der Waals surface area contributed by atoms with Gasteiger partial charge in [0.15, 0.2) is 0 Å². The highest BCUT2D eigenvalue weighted by Crippen LogP contribution is 2.13. The van der Waals surface area contributed by atoms with Gasteiger partial charge < -0.3 is 0 Å². The molecule has 0 atom stereocenters. The van der Waals surface area contributed by atoms with E-state index >= 15 is 0 Å². The Balaban J connectivity index is 1.85. The van der Waals surface area contributed by atoms with Crippen LogP contribution < -0.4 is 5.43 Å². The molecule has 0 radical (unpaired) electrons. The Morgan fingerprint density at radius 2 is 1.07 bits per heavy atom. The molecule has 0 saturated heterocycles. The summed E-state index contributed by atoms with van der Waals surface area (Å²) in [5.74, 6) is 0. The van der Waals surface area contributed by atoms with E-state index in [2.05, 4.69) is 56.8 Å². The predicted molar refractivity (Wildman–Crippen MR) is 121 cm³/mol. The lowest BCUT2D eigenvalue weighted by molar-refractivity contribution is -0.946. The van der Waals surface area contributed by atoms with Crippen molar-refractivity contribution in [3.8, 4) is 0 Å². The lowest BCUT2D eigenvalue weighted by atomic mass is 10.0. The van der Waals surface area contributed by atoms with Gasteiger partial charge >= 0.3 is 0 Å². The molecule has 0 heterocycles. The molecule has 0 bridgehead atoms. The maximum absolute atomic E-state index is 3.69. The molecule has 0 fully saturated rings. The maximum atomic E-state index is 3.69. The van der Waals surface area contributed by atoms with Gasteiger partial charge in [-0.15, -0.1) is 0 Å². The topological polar surface area (TPSA) is 12.0 Å². The minimum atomic E-state index is 0.864. The first-order valence-corrected chi connectivity index (χ1v) is 11.8. The third-order valence-corrected chi connectivity index (χ3v) is 5.49. The first-order valence-electron chi connectivity index (χ1n) is 11.8. The number of hydrogen-bond acceptors (Lipinski definition) is 1. The summed E-state index contributed by atoms with van der Waals surface area (Å²) < 4.78 is 0.864. The molecule has 0 saturated carbocycles. The molecule has 1 N–H and O–H groups in total. The first-order chi connectivity index (χ1) is 13.1. The number of nitrogens with zero attached hydrogens (tertiary/aromatic N) is 1. The van der Waals surface area contributed by atoms with Crippen molar-refractivity contribution in [2.24, 2.45) is 0 Å². The van der Waals surface area contributed by atoms with E-state index < -0.39 is 0 Å². The summed E-state index contributed by atoms with van der Waals surface area (Å²) in [6, 6.07) is 10.8. The number of unbranched alkanes of at least 4 members (excludes halogenated alkanes) is 13. The molecule has 2 nitrogen and oxygen atoms in total. The standard InChI is InChI=1S/C25H47N2/c1-4-5-6-7-8-9-10-11-12-13-14-15-16-20-23-26-27(2,3)24-25-21-18-17-19-22-25/h17-19,21-22,26H,4-16,20,23-24H2,1-3H3/q+1. The van der Waals surface area contributed by atoms with Crippen molar-refractivity contribution in [1.82, 2.24) is 5.43 Å². The average Bonchev–Trinajstić information content (AvgIpc) is 2.65. The van der Waals surface area contributed by atoms with Crippen molar-refractivity contribution >= 4 is 0 Å². The van der Waals surface area contributed by atoms with Gasteiger partial charge in [-0.1, -0.05) is 121 Å².